The smallest absolute Gasteiger partial charge is 0.193 e. The molecule has 0 unspecified atom stereocenters. The van der Waals surface area contributed by atoms with E-state index in [-0.39, 0.29) is 5.54 Å². The zero-order valence-corrected chi connectivity index (χ0v) is 7.85. The fourth-order valence-electron chi connectivity index (χ4n) is 0.924. The molecule has 3 heteroatoms. The van der Waals surface area contributed by atoms with E-state index in [9.17, 15) is 0 Å². The second kappa shape index (κ2) is 3.19. The molecule has 0 atom stereocenters. The predicted octanol–water partition coefficient (Wildman–Crippen LogP) is 1.95. The van der Waals surface area contributed by atoms with Crippen LogP contribution in [0.25, 0.3) is 0 Å². The summed E-state index contributed by atoms with van der Waals surface area (Å²) >= 11 is 0. The summed E-state index contributed by atoms with van der Waals surface area (Å²) in [6, 6.07) is 3.78. The average molecular weight is 168 g/mol. The predicted molar refractivity (Wildman–Crippen MR) is 50.0 cm³/mol. The van der Waals surface area contributed by atoms with Gasteiger partial charge in [-0.1, -0.05) is 0 Å². The SMILES string of the molecule is CC(C)(C)Nc1ccc(CN)o1. The van der Waals surface area contributed by atoms with Crippen molar-refractivity contribution in [2.24, 2.45) is 5.73 Å². The lowest BCUT2D eigenvalue weighted by molar-refractivity contribution is 0.501. The lowest BCUT2D eigenvalue weighted by Crippen LogP contribution is -2.25. The Balaban J connectivity index is 2.64. The first-order valence-corrected chi connectivity index (χ1v) is 4.08. The Morgan fingerprint density at radius 1 is 1.42 bits per heavy atom. The van der Waals surface area contributed by atoms with E-state index in [1.54, 1.807) is 0 Å². The first kappa shape index (κ1) is 9.13. The van der Waals surface area contributed by atoms with E-state index in [0.29, 0.717) is 6.54 Å². The number of furan rings is 1. The molecule has 1 rings (SSSR count). The Morgan fingerprint density at radius 2 is 2.08 bits per heavy atom. The minimum Gasteiger partial charge on any atom is -0.444 e. The van der Waals surface area contributed by atoms with Gasteiger partial charge in [-0.2, -0.15) is 0 Å². The fourth-order valence-corrected chi connectivity index (χ4v) is 0.924. The Kier molecular flexibility index (Phi) is 2.43. The lowest BCUT2D eigenvalue weighted by Gasteiger charge is -2.19. The third-order valence-corrected chi connectivity index (χ3v) is 1.36. The summed E-state index contributed by atoms with van der Waals surface area (Å²) in [7, 11) is 0. The molecule has 68 valence electrons. The van der Waals surface area contributed by atoms with Crippen LogP contribution in [0.15, 0.2) is 16.5 Å². The van der Waals surface area contributed by atoms with Crippen LogP contribution in [0.3, 0.4) is 0 Å². The molecule has 0 saturated carbocycles. The van der Waals surface area contributed by atoms with E-state index in [4.69, 9.17) is 10.2 Å². The lowest BCUT2D eigenvalue weighted by atomic mass is 10.1. The molecule has 0 aliphatic rings. The Hall–Kier alpha value is -0.960. The van der Waals surface area contributed by atoms with E-state index in [1.165, 1.54) is 0 Å². The minimum atomic E-state index is 0.0315. The number of rotatable bonds is 2. The molecule has 0 aromatic carbocycles. The summed E-state index contributed by atoms with van der Waals surface area (Å²) in [6.45, 7) is 6.69. The van der Waals surface area contributed by atoms with Gasteiger partial charge in [-0.25, -0.2) is 0 Å². The molecule has 0 aliphatic carbocycles. The highest BCUT2D eigenvalue weighted by Crippen LogP contribution is 2.17. The first-order valence-electron chi connectivity index (χ1n) is 4.08. The van der Waals surface area contributed by atoms with Crippen molar-refractivity contribution >= 4 is 5.88 Å². The Morgan fingerprint density at radius 3 is 2.50 bits per heavy atom. The van der Waals surface area contributed by atoms with E-state index in [1.807, 2.05) is 12.1 Å². The molecular weight excluding hydrogens is 152 g/mol. The number of hydrogen-bond donors (Lipinski definition) is 2. The molecule has 0 spiro atoms. The molecule has 0 amide bonds. The zero-order chi connectivity index (χ0) is 9.19. The molecule has 0 bridgehead atoms. The van der Waals surface area contributed by atoms with Gasteiger partial charge >= 0.3 is 0 Å². The van der Waals surface area contributed by atoms with Gasteiger partial charge in [0.1, 0.15) is 5.76 Å². The van der Waals surface area contributed by atoms with Gasteiger partial charge in [0.25, 0.3) is 0 Å². The highest BCUT2D eigenvalue weighted by Gasteiger charge is 2.11. The number of nitrogens with two attached hydrogens (primary N) is 1. The van der Waals surface area contributed by atoms with Crippen LogP contribution in [0.1, 0.15) is 26.5 Å². The number of anilines is 1. The summed E-state index contributed by atoms with van der Waals surface area (Å²) in [6.07, 6.45) is 0. The maximum atomic E-state index is 5.41. The maximum absolute atomic E-state index is 5.41. The van der Waals surface area contributed by atoms with Crippen molar-refractivity contribution in [2.45, 2.75) is 32.9 Å². The molecule has 3 N–H and O–H groups in total. The van der Waals surface area contributed by atoms with Crippen molar-refractivity contribution < 1.29 is 4.42 Å². The van der Waals surface area contributed by atoms with Crippen LogP contribution >= 0.6 is 0 Å². The van der Waals surface area contributed by atoms with Gasteiger partial charge in [0.2, 0.25) is 0 Å². The summed E-state index contributed by atoms with van der Waals surface area (Å²) in [4.78, 5) is 0. The summed E-state index contributed by atoms with van der Waals surface area (Å²) in [5.41, 5.74) is 5.44. The molecule has 1 aromatic heterocycles. The highest BCUT2D eigenvalue weighted by molar-refractivity contribution is 5.34. The third kappa shape index (κ3) is 2.58. The van der Waals surface area contributed by atoms with Crippen LogP contribution in [0.4, 0.5) is 5.88 Å². The fraction of sp³-hybridized carbons (Fsp3) is 0.556. The molecular formula is C9H16N2O. The van der Waals surface area contributed by atoms with Crippen LogP contribution in [0, 0.1) is 0 Å². The molecule has 0 radical (unpaired) electrons. The quantitative estimate of drug-likeness (QED) is 0.709. The number of nitrogens with one attached hydrogen (secondary N) is 1. The highest BCUT2D eigenvalue weighted by atomic mass is 16.4. The first-order chi connectivity index (χ1) is 5.51. The Labute approximate surface area is 72.9 Å². The van der Waals surface area contributed by atoms with Crippen molar-refractivity contribution in [3.8, 4) is 0 Å². The van der Waals surface area contributed by atoms with E-state index < -0.39 is 0 Å². The second-order valence-electron chi connectivity index (χ2n) is 3.85. The van der Waals surface area contributed by atoms with Gasteiger partial charge in [-0.05, 0) is 26.8 Å². The largest absolute Gasteiger partial charge is 0.444 e. The summed E-state index contributed by atoms with van der Waals surface area (Å²) in [5, 5.41) is 3.21. The van der Waals surface area contributed by atoms with E-state index >= 15 is 0 Å². The van der Waals surface area contributed by atoms with E-state index in [0.717, 1.165) is 11.6 Å². The zero-order valence-electron chi connectivity index (χ0n) is 7.85. The van der Waals surface area contributed by atoms with Crippen LogP contribution in [0.5, 0.6) is 0 Å². The maximum Gasteiger partial charge on any atom is 0.193 e. The topological polar surface area (TPSA) is 51.2 Å². The van der Waals surface area contributed by atoms with Crippen molar-refractivity contribution in [1.82, 2.24) is 0 Å². The molecule has 1 heterocycles. The molecule has 1 aromatic rings. The van der Waals surface area contributed by atoms with Gasteiger partial charge in [0, 0.05) is 11.6 Å². The van der Waals surface area contributed by atoms with Crippen molar-refractivity contribution in [3.63, 3.8) is 0 Å². The number of hydrogen-bond acceptors (Lipinski definition) is 3. The van der Waals surface area contributed by atoms with Gasteiger partial charge in [-0.15, -0.1) is 0 Å². The van der Waals surface area contributed by atoms with Crippen LogP contribution in [0.2, 0.25) is 0 Å². The van der Waals surface area contributed by atoms with Crippen molar-refractivity contribution in [1.29, 1.82) is 0 Å². The van der Waals surface area contributed by atoms with Gasteiger partial charge in [0.05, 0.1) is 6.54 Å². The van der Waals surface area contributed by atoms with Gasteiger partial charge in [0.15, 0.2) is 5.88 Å². The minimum absolute atomic E-state index is 0.0315. The van der Waals surface area contributed by atoms with Crippen molar-refractivity contribution in [3.05, 3.63) is 17.9 Å². The van der Waals surface area contributed by atoms with Gasteiger partial charge < -0.3 is 15.5 Å². The third-order valence-electron chi connectivity index (χ3n) is 1.36. The standard InChI is InChI=1S/C9H16N2O/c1-9(2,3)11-8-5-4-7(6-10)12-8/h4-5,11H,6,10H2,1-3H3. The van der Waals surface area contributed by atoms with Crippen LogP contribution < -0.4 is 11.1 Å². The monoisotopic (exact) mass is 168 g/mol. The normalized spacial score (nSPS) is 11.7. The molecule has 3 nitrogen and oxygen atoms in total. The average Bonchev–Trinajstić information content (AvgIpc) is 2.32. The molecule has 0 saturated heterocycles. The summed E-state index contributed by atoms with van der Waals surface area (Å²) in [5.74, 6) is 1.59. The van der Waals surface area contributed by atoms with Crippen LogP contribution in [-0.2, 0) is 6.54 Å². The van der Waals surface area contributed by atoms with Crippen LogP contribution in [-0.4, -0.2) is 5.54 Å². The summed E-state index contributed by atoms with van der Waals surface area (Å²) < 4.78 is 5.37. The Bertz CT molecular complexity index is 247. The van der Waals surface area contributed by atoms with Gasteiger partial charge in [-0.3, -0.25) is 0 Å². The molecule has 0 fully saturated rings. The molecule has 12 heavy (non-hydrogen) atoms. The second-order valence-corrected chi connectivity index (χ2v) is 3.85. The van der Waals surface area contributed by atoms with E-state index in [2.05, 4.69) is 26.1 Å². The van der Waals surface area contributed by atoms with Crippen molar-refractivity contribution in [2.75, 3.05) is 5.32 Å². The molecule has 0 aliphatic heterocycles.